The summed E-state index contributed by atoms with van der Waals surface area (Å²) < 4.78 is 27.6. The van der Waals surface area contributed by atoms with Crippen LogP contribution in [0.1, 0.15) is 6.92 Å². The molecule has 0 aromatic heterocycles. The molecule has 124 valence electrons. The molecule has 0 spiro atoms. The summed E-state index contributed by atoms with van der Waals surface area (Å²) in [6.45, 7) is 2.02. The van der Waals surface area contributed by atoms with Gasteiger partial charge in [-0.25, -0.2) is 0 Å². The Kier molecular flexibility index (Phi) is 6.19. The molecule has 0 saturated heterocycles. The maximum absolute atomic E-state index is 11.9. The van der Waals surface area contributed by atoms with E-state index in [2.05, 4.69) is 0 Å². The number of hydrogen-bond acceptors (Lipinski definition) is 5. The predicted molar refractivity (Wildman–Crippen MR) is 86.6 cm³/mol. The fourth-order valence-corrected chi connectivity index (χ4v) is 2.88. The van der Waals surface area contributed by atoms with Crippen molar-refractivity contribution in [1.82, 2.24) is 0 Å². The molecule has 6 nitrogen and oxygen atoms in total. The van der Waals surface area contributed by atoms with Crippen LogP contribution in [-0.2, 0) is 9.09 Å². The predicted octanol–water partition coefficient (Wildman–Crippen LogP) is 2.70. The highest BCUT2D eigenvalue weighted by Crippen LogP contribution is 2.40. The zero-order valence-corrected chi connectivity index (χ0v) is 13.6. The van der Waals surface area contributed by atoms with E-state index in [-0.39, 0.29) is 25.1 Å². The van der Waals surface area contributed by atoms with Crippen LogP contribution < -0.4 is 14.8 Å². The molecule has 23 heavy (non-hydrogen) atoms. The van der Waals surface area contributed by atoms with Crippen molar-refractivity contribution >= 4 is 12.9 Å². The number of hydrogen-bond donors (Lipinski definition) is 2. The van der Waals surface area contributed by atoms with Gasteiger partial charge >= 0.3 is 7.60 Å². The van der Waals surface area contributed by atoms with Crippen LogP contribution in [0.5, 0.6) is 17.2 Å². The highest BCUT2D eigenvalue weighted by molar-refractivity contribution is 7.61. The van der Waals surface area contributed by atoms with E-state index < -0.39 is 7.60 Å². The SMILES string of the molecule is CCOP(=O)(O)c1ccc(Oc2ccc(OCCO)cc2)cc1. The number of rotatable bonds is 8. The van der Waals surface area contributed by atoms with Crippen LogP contribution in [0.15, 0.2) is 48.5 Å². The molecule has 0 radical (unpaired) electrons. The number of ether oxygens (including phenoxy) is 2. The molecular formula is C16H19O6P. The van der Waals surface area contributed by atoms with Crippen molar-refractivity contribution in [2.24, 2.45) is 0 Å². The van der Waals surface area contributed by atoms with E-state index in [0.29, 0.717) is 17.2 Å². The lowest BCUT2D eigenvalue weighted by Crippen LogP contribution is -2.06. The summed E-state index contributed by atoms with van der Waals surface area (Å²) in [4.78, 5) is 9.73. The maximum Gasteiger partial charge on any atom is 0.358 e. The van der Waals surface area contributed by atoms with Crippen molar-refractivity contribution in [3.63, 3.8) is 0 Å². The summed E-state index contributed by atoms with van der Waals surface area (Å²) >= 11 is 0. The average Bonchev–Trinajstić information content (AvgIpc) is 2.55. The van der Waals surface area contributed by atoms with Gasteiger partial charge in [0, 0.05) is 0 Å². The van der Waals surface area contributed by atoms with Crippen molar-refractivity contribution in [3.05, 3.63) is 48.5 Å². The van der Waals surface area contributed by atoms with Gasteiger partial charge in [0.25, 0.3) is 0 Å². The van der Waals surface area contributed by atoms with Crippen molar-refractivity contribution in [3.8, 4) is 17.2 Å². The van der Waals surface area contributed by atoms with Gasteiger partial charge < -0.3 is 24.0 Å². The molecule has 1 unspecified atom stereocenters. The molecule has 7 heteroatoms. The van der Waals surface area contributed by atoms with Crippen LogP contribution in [0.25, 0.3) is 0 Å². The first-order valence-corrected chi connectivity index (χ1v) is 8.72. The number of aliphatic hydroxyl groups excluding tert-OH is 1. The lowest BCUT2D eigenvalue weighted by Gasteiger charge is -2.12. The van der Waals surface area contributed by atoms with Gasteiger partial charge in [0.05, 0.1) is 18.5 Å². The van der Waals surface area contributed by atoms with E-state index in [1.54, 1.807) is 43.3 Å². The van der Waals surface area contributed by atoms with E-state index in [4.69, 9.17) is 19.1 Å². The molecule has 0 aliphatic rings. The Hall–Kier alpha value is -1.85. The first-order chi connectivity index (χ1) is 11.0. The first-order valence-electron chi connectivity index (χ1n) is 7.14. The molecule has 0 heterocycles. The van der Waals surface area contributed by atoms with Crippen LogP contribution >= 0.6 is 7.60 Å². The van der Waals surface area contributed by atoms with Gasteiger partial charge in [-0.1, -0.05) is 0 Å². The van der Waals surface area contributed by atoms with Gasteiger partial charge in [-0.2, -0.15) is 0 Å². The van der Waals surface area contributed by atoms with Crippen LogP contribution in [0, 0.1) is 0 Å². The monoisotopic (exact) mass is 338 g/mol. The molecule has 0 aliphatic carbocycles. The van der Waals surface area contributed by atoms with Gasteiger partial charge in [-0.3, -0.25) is 4.57 Å². The van der Waals surface area contributed by atoms with Crippen molar-refractivity contribution in [2.45, 2.75) is 6.92 Å². The number of benzene rings is 2. The molecule has 2 N–H and O–H groups in total. The van der Waals surface area contributed by atoms with Crippen molar-refractivity contribution in [2.75, 3.05) is 19.8 Å². The summed E-state index contributed by atoms with van der Waals surface area (Å²) in [5.41, 5.74) is 0. The zero-order chi connectivity index (χ0) is 16.7. The molecule has 0 saturated carbocycles. The smallest absolute Gasteiger partial charge is 0.358 e. The van der Waals surface area contributed by atoms with E-state index in [0.717, 1.165) is 0 Å². The second-order valence-corrected chi connectivity index (χ2v) is 6.39. The Morgan fingerprint density at radius 1 is 0.957 bits per heavy atom. The van der Waals surface area contributed by atoms with Crippen molar-refractivity contribution in [1.29, 1.82) is 0 Å². The fraction of sp³-hybridized carbons (Fsp3) is 0.250. The Labute approximate surface area is 134 Å². The quantitative estimate of drug-likeness (QED) is 0.720. The minimum Gasteiger partial charge on any atom is -0.491 e. The molecular weight excluding hydrogens is 319 g/mol. The average molecular weight is 338 g/mol. The summed E-state index contributed by atoms with van der Waals surface area (Å²) in [5.74, 6) is 1.78. The lowest BCUT2D eigenvalue weighted by molar-refractivity contribution is 0.201. The molecule has 2 aromatic rings. The second-order valence-electron chi connectivity index (χ2n) is 4.58. The molecule has 2 aromatic carbocycles. The van der Waals surface area contributed by atoms with Crippen LogP contribution in [0.4, 0.5) is 0 Å². The van der Waals surface area contributed by atoms with Crippen molar-refractivity contribution < 1.29 is 28.6 Å². The van der Waals surface area contributed by atoms with Crippen LogP contribution in [0.3, 0.4) is 0 Å². The normalized spacial score (nSPS) is 13.3. The molecule has 2 rings (SSSR count). The van der Waals surface area contributed by atoms with Gasteiger partial charge in [0.15, 0.2) is 0 Å². The summed E-state index contributed by atoms with van der Waals surface area (Å²) in [7, 11) is -3.76. The first kappa shape index (κ1) is 17.5. The van der Waals surface area contributed by atoms with E-state index in [1.165, 1.54) is 12.1 Å². The van der Waals surface area contributed by atoms with Crippen LogP contribution in [0.2, 0.25) is 0 Å². The van der Waals surface area contributed by atoms with E-state index in [9.17, 15) is 9.46 Å². The third-order valence-electron chi connectivity index (χ3n) is 2.89. The molecule has 0 amide bonds. The fourth-order valence-electron chi connectivity index (χ4n) is 1.86. The Balaban J connectivity index is 2.02. The topological polar surface area (TPSA) is 85.2 Å². The second kappa shape index (κ2) is 8.13. The van der Waals surface area contributed by atoms with Gasteiger partial charge in [-0.15, -0.1) is 0 Å². The standard InChI is InChI=1S/C16H19O6P/c1-2-21-23(18,19)16-9-7-15(8-10-16)22-14-5-3-13(4-6-14)20-12-11-17/h3-10,17H,2,11-12H2,1H3,(H,18,19). The largest absolute Gasteiger partial charge is 0.491 e. The van der Waals surface area contributed by atoms with Crippen LogP contribution in [-0.4, -0.2) is 29.8 Å². The molecule has 0 fully saturated rings. The molecule has 1 atom stereocenters. The summed E-state index contributed by atoms with van der Waals surface area (Å²) in [5, 5.41) is 8.92. The number of aliphatic hydroxyl groups is 1. The maximum atomic E-state index is 11.9. The highest BCUT2D eigenvalue weighted by Gasteiger charge is 2.21. The lowest BCUT2D eigenvalue weighted by atomic mass is 10.3. The Morgan fingerprint density at radius 2 is 1.48 bits per heavy atom. The Bertz CT molecular complexity index is 653. The third kappa shape index (κ3) is 5.08. The summed E-state index contributed by atoms with van der Waals surface area (Å²) in [6.07, 6.45) is 0. The molecule has 0 bridgehead atoms. The van der Waals surface area contributed by atoms with Gasteiger partial charge in [0.2, 0.25) is 0 Å². The highest BCUT2D eigenvalue weighted by atomic mass is 31.2. The summed E-state index contributed by atoms with van der Waals surface area (Å²) in [6, 6.07) is 13.2. The molecule has 0 aliphatic heterocycles. The zero-order valence-electron chi connectivity index (χ0n) is 12.7. The minimum atomic E-state index is -3.76. The van der Waals surface area contributed by atoms with Gasteiger partial charge in [0.1, 0.15) is 23.9 Å². The Morgan fingerprint density at radius 3 is 2.00 bits per heavy atom. The van der Waals surface area contributed by atoms with E-state index >= 15 is 0 Å². The minimum absolute atomic E-state index is 0.0406. The van der Waals surface area contributed by atoms with Gasteiger partial charge in [-0.05, 0) is 55.5 Å². The van der Waals surface area contributed by atoms with E-state index in [1.807, 2.05) is 0 Å². The third-order valence-corrected chi connectivity index (χ3v) is 4.45.